The first-order valence-corrected chi connectivity index (χ1v) is 11.0. The Morgan fingerprint density at radius 1 is 1.06 bits per heavy atom. The number of fused-ring (bicyclic) bond motifs is 1. The van der Waals surface area contributed by atoms with Gasteiger partial charge in [0.05, 0.1) is 23.9 Å². The monoisotopic (exact) mass is 446 g/mol. The first kappa shape index (κ1) is 21.5. The summed E-state index contributed by atoms with van der Waals surface area (Å²) in [7, 11) is 3.30. The average molecular weight is 447 g/mol. The summed E-state index contributed by atoms with van der Waals surface area (Å²) < 4.78 is 10.6. The minimum absolute atomic E-state index is 0.265. The summed E-state index contributed by atoms with van der Waals surface area (Å²) in [6.07, 6.45) is 0. The van der Waals surface area contributed by atoms with Gasteiger partial charge in [-0.05, 0) is 58.8 Å². The Kier molecular flexibility index (Phi) is 6.47. The van der Waals surface area contributed by atoms with Gasteiger partial charge in [0, 0.05) is 24.5 Å². The molecule has 0 radical (unpaired) electrons. The molecule has 0 saturated heterocycles. The molecule has 2 heterocycles. The number of rotatable bonds is 7. The predicted molar refractivity (Wildman–Crippen MR) is 125 cm³/mol. The Labute approximate surface area is 190 Å². The van der Waals surface area contributed by atoms with Crippen molar-refractivity contribution in [2.24, 2.45) is 0 Å². The van der Waals surface area contributed by atoms with Crippen LogP contribution in [-0.2, 0) is 16.1 Å². The zero-order valence-electron chi connectivity index (χ0n) is 17.8. The maximum Gasteiger partial charge on any atom is 0.339 e. The maximum atomic E-state index is 12.9. The number of aromatic nitrogens is 1. The van der Waals surface area contributed by atoms with Crippen molar-refractivity contribution in [2.45, 2.75) is 6.54 Å². The highest BCUT2D eigenvalue weighted by Gasteiger charge is 2.18. The number of amides is 1. The van der Waals surface area contributed by atoms with Crippen LogP contribution in [0.1, 0.15) is 15.9 Å². The fraction of sp³-hybridized carbons (Fsp3) is 0.160. The molecule has 4 aromatic rings. The summed E-state index contributed by atoms with van der Waals surface area (Å²) >= 11 is 1.58. The molecule has 0 saturated carbocycles. The third kappa shape index (κ3) is 4.78. The number of ether oxygens (including phenoxy) is 2. The second-order valence-corrected chi connectivity index (χ2v) is 8.04. The molecule has 0 spiro atoms. The van der Waals surface area contributed by atoms with Crippen molar-refractivity contribution in [2.75, 3.05) is 20.8 Å². The van der Waals surface area contributed by atoms with E-state index in [2.05, 4.69) is 4.98 Å². The second kappa shape index (κ2) is 9.62. The molecule has 0 aliphatic heterocycles. The maximum absolute atomic E-state index is 12.9. The van der Waals surface area contributed by atoms with Gasteiger partial charge >= 0.3 is 5.97 Å². The van der Waals surface area contributed by atoms with Crippen molar-refractivity contribution in [3.8, 4) is 17.0 Å². The van der Waals surface area contributed by atoms with E-state index in [0.717, 1.165) is 16.9 Å². The number of esters is 1. The highest BCUT2D eigenvalue weighted by Crippen LogP contribution is 2.27. The minimum Gasteiger partial charge on any atom is -0.497 e. The predicted octanol–water partition coefficient (Wildman–Crippen LogP) is 4.79. The molecule has 0 aliphatic rings. The van der Waals surface area contributed by atoms with Gasteiger partial charge in [-0.2, -0.15) is 11.3 Å². The molecule has 162 valence electrons. The number of methoxy groups -OCH3 is 1. The molecule has 0 unspecified atom stereocenters. The number of likely N-dealkylation sites (N-methyl/N-ethyl adjacent to an activating group) is 1. The fourth-order valence-electron chi connectivity index (χ4n) is 3.31. The van der Waals surface area contributed by atoms with E-state index < -0.39 is 5.97 Å². The van der Waals surface area contributed by atoms with Gasteiger partial charge in [0.15, 0.2) is 6.61 Å². The Balaban J connectivity index is 1.55. The Bertz CT molecular complexity index is 1240. The summed E-state index contributed by atoms with van der Waals surface area (Å²) in [5.74, 6) is -0.0896. The number of hydrogen-bond acceptors (Lipinski definition) is 6. The number of carbonyl (C=O) groups is 2. The van der Waals surface area contributed by atoms with Crippen molar-refractivity contribution < 1.29 is 19.1 Å². The van der Waals surface area contributed by atoms with Crippen LogP contribution in [0, 0.1) is 0 Å². The quantitative estimate of drug-likeness (QED) is 0.382. The van der Waals surface area contributed by atoms with E-state index in [1.54, 1.807) is 36.5 Å². The van der Waals surface area contributed by atoms with Gasteiger partial charge in [-0.3, -0.25) is 4.79 Å². The number of carbonyl (C=O) groups excluding carboxylic acids is 2. The van der Waals surface area contributed by atoms with E-state index in [9.17, 15) is 9.59 Å². The largest absolute Gasteiger partial charge is 0.497 e. The number of benzene rings is 2. The van der Waals surface area contributed by atoms with Crippen molar-refractivity contribution >= 4 is 34.1 Å². The lowest BCUT2D eigenvalue weighted by molar-refractivity contribution is -0.133. The highest BCUT2D eigenvalue weighted by molar-refractivity contribution is 7.07. The molecule has 2 aromatic heterocycles. The standard InChI is InChI=1S/C25H22N2O4S/c1-27(14-17-11-12-32-16-17)24(28)15-31-25(29)21-13-23(18-7-9-19(30-2)10-8-18)26-22-6-4-3-5-20(21)22/h3-13,16H,14-15H2,1-2H3. The van der Waals surface area contributed by atoms with Crippen LogP contribution in [0.15, 0.2) is 71.4 Å². The topological polar surface area (TPSA) is 68.7 Å². The first-order chi connectivity index (χ1) is 15.5. The minimum atomic E-state index is -0.560. The molecule has 4 rings (SSSR count). The highest BCUT2D eigenvalue weighted by atomic mass is 32.1. The molecule has 7 heteroatoms. The molecule has 32 heavy (non-hydrogen) atoms. The third-order valence-corrected chi connectivity index (χ3v) is 5.81. The number of pyridine rings is 1. The van der Waals surface area contributed by atoms with Crippen LogP contribution in [0.2, 0.25) is 0 Å². The molecular weight excluding hydrogens is 424 g/mol. The van der Waals surface area contributed by atoms with E-state index in [-0.39, 0.29) is 12.5 Å². The summed E-state index contributed by atoms with van der Waals surface area (Å²) in [5.41, 5.74) is 3.57. The zero-order chi connectivity index (χ0) is 22.5. The van der Waals surface area contributed by atoms with E-state index in [1.807, 2.05) is 65.4 Å². The van der Waals surface area contributed by atoms with Gasteiger partial charge in [0.25, 0.3) is 5.91 Å². The van der Waals surface area contributed by atoms with Crippen LogP contribution < -0.4 is 4.74 Å². The molecular formula is C25H22N2O4S. The summed E-state index contributed by atoms with van der Waals surface area (Å²) in [4.78, 5) is 31.6. The van der Waals surface area contributed by atoms with Crippen LogP contribution in [-0.4, -0.2) is 42.5 Å². The Morgan fingerprint density at radius 2 is 1.84 bits per heavy atom. The lowest BCUT2D eigenvalue weighted by Crippen LogP contribution is -2.30. The normalized spacial score (nSPS) is 10.7. The van der Waals surface area contributed by atoms with E-state index >= 15 is 0 Å². The van der Waals surface area contributed by atoms with Crippen LogP contribution >= 0.6 is 11.3 Å². The first-order valence-electron chi connectivity index (χ1n) is 10.0. The second-order valence-electron chi connectivity index (χ2n) is 7.26. The van der Waals surface area contributed by atoms with Gasteiger partial charge in [0.1, 0.15) is 5.75 Å². The van der Waals surface area contributed by atoms with Crippen LogP contribution in [0.5, 0.6) is 5.75 Å². The van der Waals surface area contributed by atoms with Crippen LogP contribution in [0.25, 0.3) is 22.2 Å². The molecule has 0 atom stereocenters. The number of hydrogen-bond donors (Lipinski definition) is 0. The van der Waals surface area contributed by atoms with E-state index in [0.29, 0.717) is 28.7 Å². The molecule has 2 aromatic carbocycles. The van der Waals surface area contributed by atoms with Gasteiger partial charge in [-0.25, -0.2) is 9.78 Å². The van der Waals surface area contributed by atoms with E-state index in [4.69, 9.17) is 9.47 Å². The molecule has 0 fully saturated rings. The lowest BCUT2D eigenvalue weighted by atomic mass is 10.0. The molecule has 1 amide bonds. The number of thiophene rings is 1. The summed E-state index contributed by atoms with van der Waals surface area (Å²) in [6, 6.07) is 18.5. The molecule has 0 N–H and O–H groups in total. The third-order valence-electron chi connectivity index (χ3n) is 5.07. The molecule has 6 nitrogen and oxygen atoms in total. The summed E-state index contributed by atoms with van der Waals surface area (Å²) in [5, 5.41) is 4.62. The van der Waals surface area contributed by atoms with Gasteiger partial charge in [-0.15, -0.1) is 0 Å². The SMILES string of the molecule is COc1ccc(-c2cc(C(=O)OCC(=O)N(C)Cc3ccsc3)c3ccccc3n2)cc1. The lowest BCUT2D eigenvalue weighted by Gasteiger charge is -2.16. The summed E-state index contributed by atoms with van der Waals surface area (Å²) in [6.45, 7) is 0.147. The van der Waals surface area contributed by atoms with Crippen molar-refractivity contribution in [3.05, 3.63) is 82.6 Å². The van der Waals surface area contributed by atoms with Crippen LogP contribution in [0.3, 0.4) is 0 Å². The molecule has 0 bridgehead atoms. The fourth-order valence-corrected chi connectivity index (χ4v) is 3.97. The van der Waals surface area contributed by atoms with Crippen LogP contribution in [0.4, 0.5) is 0 Å². The Morgan fingerprint density at radius 3 is 2.56 bits per heavy atom. The van der Waals surface area contributed by atoms with Gasteiger partial charge in [0.2, 0.25) is 0 Å². The van der Waals surface area contributed by atoms with Crippen molar-refractivity contribution in [3.63, 3.8) is 0 Å². The van der Waals surface area contributed by atoms with Gasteiger partial charge < -0.3 is 14.4 Å². The van der Waals surface area contributed by atoms with Crippen molar-refractivity contribution in [1.29, 1.82) is 0 Å². The van der Waals surface area contributed by atoms with E-state index in [1.165, 1.54) is 0 Å². The Hall–Kier alpha value is -3.71. The smallest absolute Gasteiger partial charge is 0.339 e. The van der Waals surface area contributed by atoms with Crippen molar-refractivity contribution in [1.82, 2.24) is 9.88 Å². The number of para-hydroxylation sites is 1. The van der Waals surface area contributed by atoms with Gasteiger partial charge in [-0.1, -0.05) is 18.2 Å². The average Bonchev–Trinajstić information content (AvgIpc) is 3.34. The molecule has 0 aliphatic carbocycles. The zero-order valence-corrected chi connectivity index (χ0v) is 18.6. The number of nitrogens with zero attached hydrogens (tertiary/aromatic N) is 2.